The normalized spacial score (nSPS) is 11.8. The Kier molecular flexibility index (Phi) is 3.99. The van der Waals surface area contributed by atoms with Crippen molar-refractivity contribution in [2.45, 2.75) is 12.7 Å². The number of rotatable bonds is 3. The van der Waals surface area contributed by atoms with Crippen LogP contribution in [0, 0.1) is 0 Å². The summed E-state index contributed by atoms with van der Waals surface area (Å²) in [7, 11) is 0. The molecular formula is C14H8ClF3N4O3. The molecule has 3 aromatic rings. The van der Waals surface area contributed by atoms with Crippen LogP contribution in [-0.2, 0) is 17.5 Å². The highest BCUT2D eigenvalue weighted by Gasteiger charge is 2.33. The molecule has 1 aromatic carbocycles. The van der Waals surface area contributed by atoms with Crippen LogP contribution in [-0.4, -0.2) is 30.8 Å². The Morgan fingerprint density at radius 1 is 1.36 bits per heavy atom. The first-order valence-corrected chi connectivity index (χ1v) is 7.08. The van der Waals surface area contributed by atoms with Gasteiger partial charge < -0.3 is 5.11 Å². The fraction of sp³-hybridized carbons (Fsp3) is 0.143. The summed E-state index contributed by atoms with van der Waals surface area (Å²) in [5.41, 5.74) is -1.85. The topological polar surface area (TPSA) is 101 Å². The van der Waals surface area contributed by atoms with E-state index in [-0.39, 0.29) is 22.3 Å². The van der Waals surface area contributed by atoms with E-state index in [1.807, 2.05) is 0 Å². The molecule has 11 heteroatoms. The molecule has 0 aliphatic heterocycles. The first-order valence-electron chi connectivity index (χ1n) is 6.71. The number of fused-ring (bicyclic) bond motifs is 1. The summed E-state index contributed by atoms with van der Waals surface area (Å²) in [6.45, 7) is -0.638. The lowest BCUT2D eigenvalue weighted by molar-refractivity contribution is -0.138. The van der Waals surface area contributed by atoms with E-state index in [0.29, 0.717) is 0 Å². The molecule has 0 saturated heterocycles. The number of nitrogens with one attached hydrogen (secondary N) is 1. The first-order chi connectivity index (χ1) is 11.7. The number of nitrogens with zero attached hydrogens (tertiary/aromatic N) is 3. The third-order valence-electron chi connectivity index (χ3n) is 3.40. The van der Waals surface area contributed by atoms with Gasteiger partial charge in [0.1, 0.15) is 24.0 Å². The van der Waals surface area contributed by atoms with Crippen molar-refractivity contribution in [3.05, 3.63) is 45.5 Å². The number of H-pyrrole nitrogens is 1. The van der Waals surface area contributed by atoms with E-state index in [1.165, 1.54) is 6.07 Å². The summed E-state index contributed by atoms with van der Waals surface area (Å²) >= 11 is 5.58. The second kappa shape index (κ2) is 5.88. The van der Waals surface area contributed by atoms with Crippen LogP contribution >= 0.6 is 11.6 Å². The number of hydrogen-bond donors (Lipinski definition) is 2. The Balaban J connectivity index is 2.23. The van der Waals surface area contributed by atoms with Crippen molar-refractivity contribution < 1.29 is 23.1 Å². The van der Waals surface area contributed by atoms with Crippen molar-refractivity contribution in [3.63, 3.8) is 0 Å². The smallest absolute Gasteiger partial charge is 0.417 e. The van der Waals surface area contributed by atoms with Crippen LogP contribution in [0.3, 0.4) is 0 Å². The van der Waals surface area contributed by atoms with E-state index in [0.717, 1.165) is 23.0 Å². The maximum absolute atomic E-state index is 13.0. The molecule has 2 heterocycles. The lowest BCUT2D eigenvalue weighted by Gasteiger charge is -2.10. The van der Waals surface area contributed by atoms with Crippen LogP contribution < -0.4 is 5.56 Å². The van der Waals surface area contributed by atoms with Gasteiger partial charge in [-0.2, -0.15) is 18.3 Å². The van der Waals surface area contributed by atoms with Gasteiger partial charge in [-0.3, -0.25) is 19.3 Å². The summed E-state index contributed by atoms with van der Waals surface area (Å²) in [6.07, 6.45) is -3.66. The fourth-order valence-electron chi connectivity index (χ4n) is 2.31. The highest BCUT2D eigenvalue weighted by molar-refractivity contribution is 6.31. The highest BCUT2D eigenvalue weighted by Crippen LogP contribution is 2.37. The van der Waals surface area contributed by atoms with Gasteiger partial charge in [-0.25, -0.2) is 4.98 Å². The second-order valence-corrected chi connectivity index (χ2v) is 5.47. The Morgan fingerprint density at radius 2 is 2.08 bits per heavy atom. The Labute approximate surface area is 141 Å². The van der Waals surface area contributed by atoms with Crippen LogP contribution in [0.25, 0.3) is 22.3 Å². The van der Waals surface area contributed by atoms with E-state index in [2.05, 4.69) is 15.2 Å². The number of aromatic amines is 1. The third-order valence-corrected chi connectivity index (χ3v) is 3.73. The fourth-order valence-corrected chi connectivity index (χ4v) is 2.53. The van der Waals surface area contributed by atoms with Gasteiger partial charge in [0.15, 0.2) is 5.65 Å². The molecule has 0 atom stereocenters. The van der Waals surface area contributed by atoms with Gasteiger partial charge in [-0.1, -0.05) is 17.7 Å². The van der Waals surface area contributed by atoms with Crippen molar-refractivity contribution in [2.24, 2.45) is 0 Å². The number of halogens is 4. The zero-order valence-corrected chi connectivity index (χ0v) is 12.9. The summed E-state index contributed by atoms with van der Waals surface area (Å²) in [4.78, 5) is 27.1. The first kappa shape index (κ1) is 17.0. The van der Waals surface area contributed by atoms with Crippen LogP contribution in [0.2, 0.25) is 5.02 Å². The van der Waals surface area contributed by atoms with Gasteiger partial charge >= 0.3 is 12.1 Å². The van der Waals surface area contributed by atoms with Gasteiger partial charge in [0.2, 0.25) is 0 Å². The average Bonchev–Trinajstić information content (AvgIpc) is 2.94. The summed E-state index contributed by atoms with van der Waals surface area (Å²) < 4.78 is 39.9. The molecule has 0 aliphatic rings. The van der Waals surface area contributed by atoms with Crippen molar-refractivity contribution in [2.75, 3.05) is 0 Å². The number of carboxylic acid groups (broad SMARTS) is 1. The van der Waals surface area contributed by atoms with Gasteiger partial charge in [0, 0.05) is 5.56 Å². The molecule has 0 aliphatic carbocycles. The van der Waals surface area contributed by atoms with Crippen LogP contribution in [0.15, 0.2) is 29.3 Å². The maximum atomic E-state index is 13.0. The molecule has 25 heavy (non-hydrogen) atoms. The molecule has 0 amide bonds. The molecule has 0 radical (unpaired) electrons. The molecular weight excluding hydrogens is 365 g/mol. The third kappa shape index (κ3) is 3.07. The van der Waals surface area contributed by atoms with Gasteiger partial charge in [-0.15, -0.1) is 0 Å². The Morgan fingerprint density at radius 3 is 2.72 bits per heavy atom. The van der Waals surface area contributed by atoms with Crippen molar-refractivity contribution in [3.8, 4) is 11.3 Å². The van der Waals surface area contributed by atoms with E-state index >= 15 is 0 Å². The molecule has 3 rings (SSSR count). The monoisotopic (exact) mass is 372 g/mol. The number of carboxylic acids is 1. The molecule has 0 saturated carbocycles. The molecule has 130 valence electrons. The molecule has 0 unspecified atom stereocenters. The van der Waals surface area contributed by atoms with Gasteiger partial charge in [0.25, 0.3) is 5.56 Å². The number of hydrogen-bond acceptors (Lipinski definition) is 4. The summed E-state index contributed by atoms with van der Waals surface area (Å²) in [5.74, 6) is -1.26. The molecule has 7 nitrogen and oxygen atoms in total. The van der Waals surface area contributed by atoms with Crippen molar-refractivity contribution in [1.29, 1.82) is 0 Å². The summed E-state index contributed by atoms with van der Waals surface area (Å²) in [6, 6.07) is 3.10. The largest absolute Gasteiger partial charge is 0.480 e. The molecule has 0 spiro atoms. The summed E-state index contributed by atoms with van der Waals surface area (Å²) in [5, 5.41) is 14.5. The van der Waals surface area contributed by atoms with E-state index in [4.69, 9.17) is 16.7 Å². The second-order valence-electron chi connectivity index (χ2n) is 5.06. The quantitative estimate of drug-likeness (QED) is 0.735. The minimum Gasteiger partial charge on any atom is -0.480 e. The number of aliphatic carboxylic acids is 1. The van der Waals surface area contributed by atoms with E-state index < -0.39 is 34.8 Å². The minimum atomic E-state index is -4.68. The molecule has 0 bridgehead atoms. The standard InChI is InChI=1S/C14H8ClF3N4O3/c15-8-2-1-6(3-7(8)14(16,17)18)11-10-12(21-20-11)19-5-22(13(10)25)4-9(23)24/h1-3,5H,4H2,(H,20,21)(H,23,24). The van der Waals surface area contributed by atoms with Crippen LogP contribution in [0.5, 0.6) is 0 Å². The minimum absolute atomic E-state index is 0.00468. The van der Waals surface area contributed by atoms with Crippen molar-refractivity contribution in [1.82, 2.24) is 19.7 Å². The zero-order valence-electron chi connectivity index (χ0n) is 12.1. The average molecular weight is 373 g/mol. The number of carbonyl (C=O) groups is 1. The van der Waals surface area contributed by atoms with Gasteiger partial charge in [0.05, 0.1) is 10.6 Å². The lowest BCUT2D eigenvalue weighted by atomic mass is 10.1. The Hall–Kier alpha value is -2.88. The van der Waals surface area contributed by atoms with Gasteiger partial charge in [-0.05, 0) is 12.1 Å². The molecule has 2 aromatic heterocycles. The zero-order chi connectivity index (χ0) is 18.4. The van der Waals surface area contributed by atoms with Crippen LogP contribution in [0.4, 0.5) is 13.2 Å². The number of benzene rings is 1. The van der Waals surface area contributed by atoms with E-state index in [1.54, 1.807) is 0 Å². The SMILES string of the molecule is O=C(O)Cn1cnc2[nH]nc(-c3ccc(Cl)c(C(F)(F)F)c3)c2c1=O. The predicted molar refractivity (Wildman–Crippen MR) is 81.2 cm³/mol. The number of aromatic nitrogens is 4. The maximum Gasteiger partial charge on any atom is 0.417 e. The van der Waals surface area contributed by atoms with E-state index in [9.17, 15) is 22.8 Å². The highest BCUT2D eigenvalue weighted by atomic mass is 35.5. The van der Waals surface area contributed by atoms with Crippen LogP contribution in [0.1, 0.15) is 5.56 Å². The molecule has 2 N–H and O–H groups in total. The molecule has 0 fully saturated rings. The number of alkyl halides is 3. The lowest BCUT2D eigenvalue weighted by Crippen LogP contribution is -2.24. The van der Waals surface area contributed by atoms with Crippen molar-refractivity contribution >= 4 is 28.6 Å². The predicted octanol–water partition coefficient (Wildman–Crippen LogP) is 2.54. The Bertz CT molecular complexity index is 1040.